The van der Waals surface area contributed by atoms with Gasteiger partial charge in [0.1, 0.15) is 5.75 Å². The molecule has 5 rings (SSSR count). The molecule has 3 aliphatic rings. The second-order valence-electron chi connectivity index (χ2n) is 10.2. The predicted molar refractivity (Wildman–Crippen MR) is 130 cm³/mol. The first kappa shape index (κ1) is 23.0. The molecule has 8 heteroatoms. The van der Waals surface area contributed by atoms with E-state index in [-0.39, 0.29) is 29.9 Å². The third-order valence-corrected chi connectivity index (χ3v) is 7.96. The van der Waals surface area contributed by atoms with E-state index >= 15 is 0 Å². The average molecular weight is 469 g/mol. The van der Waals surface area contributed by atoms with Gasteiger partial charge in [-0.15, -0.1) is 0 Å². The number of ether oxygens (including phenoxy) is 1. The number of benzene rings is 1. The highest BCUT2D eigenvalue weighted by Gasteiger charge is 2.55. The Balaban J connectivity index is 1.52. The van der Waals surface area contributed by atoms with Gasteiger partial charge in [0.05, 0.1) is 25.2 Å². The quantitative estimate of drug-likeness (QED) is 0.627. The van der Waals surface area contributed by atoms with Crippen LogP contribution < -0.4 is 10.1 Å². The van der Waals surface area contributed by atoms with Gasteiger partial charge in [0.2, 0.25) is 5.91 Å². The maximum Gasteiger partial charge on any atom is 0.318 e. The van der Waals surface area contributed by atoms with Gasteiger partial charge in [0, 0.05) is 54.8 Å². The number of hydrogen-bond donors (Lipinski definition) is 3. The lowest BCUT2D eigenvalue weighted by atomic mass is 9.68. The van der Waals surface area contributed by atoms with Crippen LogP contribution in [0.3, 0.4) is 0 Å². The number of aromatic amines is 1. The molecule has 1 aliphatic carbocycles. The minimum Gasteiger partial charge on any atom is -0.497 e. The van der Waals surface area contributed by atoms with Crippen LogP contribution in [0.1, 0.15) is 62.7 Å². The molecule has 0 bridgehead atoms. The van der Waals surface area contributed by atoms with Crippen LogP contribution in [0.5, 0.6) is 5.75 Å². The molecule has 2 aliphatic heterocycles. The Morgan fingerprint density at radius 2 is 1.97 bits per heavy atom. The van der Waals surface area contributed by atoms with Crippen molar-refractivity contribution in [3.8, 4) is 5.75 Å². The molecule has 1 atom stereocenters. The summed E-state index contributed by atoms with van der Waals surface area (Å²) in [5, 5.41) is 14.4. The Morgan fingerprint density at radius 3 is 2.65 bits per heavy atom. The molecule has 0 radical (unpaired) electrons. The number of aliphatic hydroxyl groups excluding tert-OH is 1. The summed E-state index contributed by atoms with van der Waals surface area (Å²) >= 11 is 0. The van der Waals surface area contributed by atoms with Gasteiger partial charge in [0.15, 0.2) is 0 Å². The molecule has 2 fully saturated rings. The van der Waals surface area contributed by atoms with Crippen LogP contribution in [-0.2, 0) is 10.2 Å². The molecular formula is C26H36N4O4. The minimum absolute atomic E-state index is 0.135. The topological polar surface area (TPSA) is 97.9 Å². The molecule has 1 aromatic heterocycles. The summed E-state index contributed by atoms with van der Waals surface area (Å²) in [6.07, 6.45) is 6.30. The number of aromatic nitrogens is 1. The number of rotatable bonds is 5. The molecule has 1 saturated heterocycles. The number of aliphatic hydroxyl groups is 1. The molecule has 2 aromatic rings. The normalized spacial score (nSPS) is 21.9. The Labute approximate surface area is 200 Å². The van der Waals surface area contributed by atoms with Crippen molar-refractivity contribution in [1.82, 2.24) is 20.1 Å². The lowest BCUT2D eigenvalue weighted by Gasteiger charge is -2.56. The number of amides is 3. The fourth-order valence-corrected chi connectivity index (χ4v) is 6.26. The average Bonchev–Trinajstić information content (AvgIpc) is 3.24. The number of fused-ring (bicyclic) bond motifs is 4. The van der Waals surface area contributed by atoms with Crippen molar-refractivity contribution in [2.24, 2.45) is 5.92 Å². The summed E-state index contributed by atoms with van der Waals surface area (Å²) in [5.74, 6) is 1.15. The van der Waals surface area contributed by atoms with E-state index in [9.17, 15) is 14.7 Å². The van der Waals surface area contributed by atoms with E-state index in [0.717, 1.165) is 60.0 Å². The van der Waals surface area contributed by atoms with E-state index in [1.807, 2.05) is 24.0 Å². The van der Waals surface area contributed by atoms with Gasteiger partial charge in [-0.05, 0) is 37.0 Å². The van der Waals surface area contributed by atoms with E-state index in [1.54, 1.807) is 12.0 Å². The number of nitrogens with zero attached hydrogens (tertiary/aromatic N) is 2. The molecule has 1 saturated carbocycles. The van der Waals surface area contributed by atoms with Crippen molar-refractivity contribution >= 4 is 22.8 Å². The number of carbonyl (C=O) groups excluding carboxylic acids is 2. The lowest BCUT2D eigenvalue weighted by Crippen LogP contribution is -2.69. The first-order valence-electron chi connectivity index (χ1n) is 12.7. The number of H-pyrrole nitrogens is 1. The van der Waals surface area contributed by atoms with Gasteiger partial charge < -0.3 is 29.9 Å². The first-order valence-corrected chi connectivity index (χ1v) is 12.7. The molecule has 0 unspecified atom stereocenters. The van der Waals surface area contributed by atoms with E-state index in [4.69, 9.17) is 4.74 Å². The maximum absolute atomic E-state index is 13.2. The van der Waals surface area contributed by atoms with Crippen molar-refractivity contribution in [2.45, 2.75) is 56.9 Å². The fraction of sp³-hybridized carbons (Fsp3) is 0.615. The zero-order valence-electron chi connectivity index (χ0n) is 20.2. The van der Waals surface area contributed by atoms with Crippen LogP contribution in [0.25, 0.3) is 10.9 Å². The summed E-state index contributed by atoms with van der Waals surface area (Å²) in [6.45, 7) is 4.12. The third-order valence-electron chi connectivity index (χ3n) is 7.96. The van der Waals surface area contributed by atoms with Crippen molar-refractivity contribution < 1.29 is 19.4 Å². The predicted octanol–water partition coefficient (Wildman–Crippen LogP) is 3.31. The molecule has 1 spiro atoms. The van der Waals surface area contributed by atoms with Crippen molar-refractivity contribution in [2.75, 3.05) is 39.9 Å². The van der Waals surface area contributed by atoms with Gasteiger partial charge in [0.25, 0.3) is 0 Å². The van der Waals surface area contributed by atoms with Crippen LogP contribution in [0.4, 0.5) is 4.79 Å². The molecule has 184 valence electrons. The van der Waals surface area contributed by atoms with Gasteiger partial charge >= 0.3 is 6.03 Å². The number of carbonyl (C=O) groups is 2. The van der Waals surface area contributed by atoms with Crippen LogP contribution in [0, 0.1) is 5.92 Å². The fourth-order valence-electron chi connectivity index (χ4n) is 6.26. The van der Waals surface area contributed by atoms with E-state index in [0.29, 0.717) is 26.2 Å². The highest BCUT2D eigenvalue weighted by Crippen LogP contribution is 2.49. The zero-order valence-corrected chi connectivity index (χ0v) is 20.2. The van der Waals surface area contributed by atoms with Gasteiger partial charge in [-0.25, -0.2) is 4.79 Å². The minimum atomic E-state index is -0.459. The van der Waals surface area contributed by atoms with Crippen LogP contribution in [-0.4, -0.2) is 71.7 Å². The zero-order chi connectivity index (χ0) is 23.9. The summed E-state index contributed by atoms with van der Waals surface area (Å²) in [4.78, 5) is 33.6. The molecule has 34 heavy (non-hydrogen) atoms. The third kappa shape index (κ3) is 3.72. The molecule has 3 N–H and O–H groups in total. The molecule has 3 heterocycles. The molecule has 1 aromatic carbocycles. The second-order valence-corrected chi connectivity index (χ2v) is 10.2. The van der Waals surface area contributed by atoms with Crippen molar-refractivity contribution in [1.29, 1.82) is 0 Å². The smallest absolute Gasteiger partial charge is 0.318 e. The second kappa shape index (κ2) is 9.13. The summed E-state index contributed by atoms with van der Waals surface area (Å²) in [5.41, 5.74) is 2.58. The molecular weight excluding hydrogens is 432 g/mol. The Kier molecular flexibility index (Phi) is 6.18. The number of nitrogens with one attached hydrogen (secondary N) is 2. The molecule has 8 nitrogen and oxygen atoms in total. The largest absolute Gasteiger partial charge is 0.497 e. The Hall–Kier alpha value is -2.74. The highest BCUT2D eigenvalue weighted by molar-refractivity contribution is 5.90. The SMILES string of the molecule is CCCNC(=O)N1CC2(CN(C(=O)C3CCCCC3)C2)c2c([nH]c3cc(OC)ccc23)[C@@H]1CO. The van der Waals surface area contributed by atoms with Gasteiger partial charge in [-0.2, -0.15) is 0 Å². The summed E-state index contributed by atoms with van der Waals surface area (Å²) in [7, 11) is 1.64. The Morgan fingerprint density at radius 1 is 1.21 bits per heavy atom. The maximum atomic E-state index is 13.2. The van der Waals surface area contributed by atoms with E-state index in [1.165, 1.54) is 6.42 Å². The monoisotopic (exact) mass is 468 g/mol. The van der Waals surface area contributed by atoms with Crippen molar-refractivity contribution in [3.63, 3.8) is 0 Å². The van der Waals surface area contributed by atoms with Crippen molar-refractivity contribution in [3.05, 3.63) is 29.5 Å². The lowest BCUT2D eigenvalue weighted by molar-refractivity contribution is -0.145. The van der Waals surface area contributed by atoms with Crippen LogP contribution in [0.2, 0.25) is 0 Å². The number of likely N-dealkylation sites (tertiary alicyclic amines) is 1. The Bertz CT molecular complexity index is 1070. The van der Waals surface area contributed by atoms with Gasteiger partial charge in [-0.1, -0.05) is 26.2 Å². The standard InChI is InChI=1S/C26H36N4O4/c1-3-11-27-25(33)30-16-26(14-29(15-26)24(32)17-7-5-4-6-8-17)22-19-10-9-18(34-2)12-20(19)28-23(22)21(30)13-31/h9-10,12,17,21,28,31H,3-8,11,13-16H2,1-2H3,(H,27,33)/t21-/m0/s1. The number of hydrogen-bond acceptors (Lipinski definition) is 4. The molecule has 3 amide bonds. The number of methoxy groups -OCH3 is 1. The van der Waals surface area contributed by atoms with E-state index in [2.05, 4.69) is 16.4 Å². The number of urea groups is 1. The first-order chi connectivity index (χ1) is 16.5. The van der Waals surface area contributed by atoms with Gasteiger partial charge in [-0.3, -0.25) is 4.79 Å². The summed E-state index contributed by atoms with van der Waals surface area (Å²) in [6, 6.07) is 5.33. The van der Waals surface area contributed by atoms with Crippen LogP contribution >= 0.6 is 0 Å². The van der Waals surface area contributed by atoms with E-state index < -0.39 is 6.04 Å². The van der Waals surface area contributed by atoms with Crippen LogP contribution in [0.15, 0.2) is 18.2 Å². The highest BCUT2D eigenvalue weighted by atomic mass is 16.5. The summed E-state index contributed by atoms with van der Waals surface area (Å²) < 4.78 is 5.42.